The zero-order valence-electron chi connectivity index (χ0n) is 15.4. The van der Waals surface area contributed by atoms with Gasteiger partial charge in [-0.2, -0.15) is 13.2 Å². The Balaban J connectivity index is 1.93. The van der Waals surface area contributed by atoms with Crippen molar-refractivity contribution in [3.8, 4) is 5.75 Å². The van der Waals surface area contributed by atoms with Gasteiger partial charge in [0.25, 0.3) is 0 Å². The number of halogens is 5. The Hall–Kier alpha value is -3.59. The molecule has 3 aromatic rings. The number of para-hydroxylation sites is 2. The molecule has 0 aromatic heterocycles. The normalized spacial score (nSPS) is 11.1. The van der Waals surface area contributed by atoms with Gasteiger partial charge in [-0.15, -0.1) is 0 Å². The minimum Gasteiger partial charge on any atom is -0.478 e. The molecule has 0 aliphatic rings. The predicted molar refractivity (Wildman–Crippen MR) is 107 cm³/mol. The second kappa shape index (κ2) is 8.65. The maximum Gasteiger partial charge on any atom is 0.420 e. The third kappa shape index (κ3) is 4.95. The smallest absolute Gasteiger partial charge is 0.420 e. The lowest BCUT2D eigenvalue weighted by atomic mass is 10.1. The molecule has 3 rings (SSSR count). The molecule has 5 nitrogen and oxygen atoms in total. The Morgan fingerprint density at radius 3 is 2.39 bits per heavy atom. The molecule has 160 valence electrons. The minimum atomic E-state index is -4.76. The lowest BCUT2D eigenvalue weighted by Crippen LogP contribution is -2.15. The Morgan fingerprint density at radius 1 is 1.03 bits per heavy atom. The van der Waals surface area contributed by atoms with Gasteiger partial charge >= 0.3 is 12.1 Å². The number of hydrogen-bond acceptors (Lipinski definition) is 4. The Bertz CT molecular complexity index is 1170. The van der Waals surface area contributed by atoms with Crippen LogP contribution in [0.15, 0.2) is 60.7 Å². The van der Waals surface area contributed by atoms with Crippen LogP contribution in [0.1, 0.15) is 21.5 Å². The van der Waals surface area contributed by atoms with Gasteiger partial charge in [0.15, 0.2) is 5.75 Å². The summed E-state index contributed by atoms with van der Waals surface area (Å²) in [6, 6.07) is 12.2. The topological polar surface area (TPSA) is 82.4 Å². The second-order valence-electron chi connectivity index (χ2n) is 6.22. The van der Waals surface area contributed by atoms with Gasteiger partial charge < -0.3 is 15.2 Å². The maximum atomic E-state index is 14.3. The van der Waals surface area contributed by atoms with E-state index in [0.29, 0.717) is 0 Å². The molecule has 0 radical (unpaired) electrons. The van der Waals surface area contributed by atoms with Crippen molar-refractivity contribution < 1.29 is 32.2 Å². The lowest BCUT2D eigenvalue weighted by Gasteiger charge is -2.17. The predicted octanol–water partition coefficient (Wildman–Crippen LogP) is 6.34. The molecule has 0 unspecified atom stereocenters. The number of aromatic carboxylic acids is 1. The molecule has 10 heteroatoms. The summed E-state index contributed by atoms with van der Waals surface area (Å²) in [7, 11) is 0. The van der Waals surface area contributed by atoms with Crippen LogP contribution in [-0.2, 0) is 6.18 Å². The molecule has 0 amide bonds. The van der Waals surface area contributed by atoms with Crippen LogP contribution < -0.4 is 10.1 Å². The summed E-state index contributed by atoms with van der Waals surface area (Å²) in [5.74, 6) is -3.56. The first-order valence-corrected chi connectivity index (χ1v) is 8.97. The molecule has 0 saturated heterocycles. The highest BCUT2D eigenvalue weighted by Crippen LogP contribution is 2.40. The van der Waals surface area contributed by atoms with Crippen LogP contribution in [0.3, 0.4) is 0 Å². The van der Waals surface area contributed by atoms with E-state index in [1.165, 1.54) is 36.4 Å². The van der Waals surface area contributed by atoms with Gasteiger partial charge in [-0.05, 0) is 42.5 Å². The zero-order chi connectivity index (χ0) is 22.8. The van der Waals surface area contributed by atoms with Crippen molar-refractivity contribution in [2.45, 2.75) is 6.18 Å². The fourth-order valence-electron chi connectivity index (χ4n) is 2.68. The van der Waals surface area contributed by atoms with Crippen molar-refractivity contribution in [3.63, 3.8) is 0 Å². The monoisotopic (exact) mass is 452 g/mol. The van der Waals surface area contributed by atoms with Crippen LogP contribution in [0, 0.1) is 11.2 Å². The molecule has 0 fully saturated rings. The molecule has 0 saturated carbocycles. The highest BCUT2D eigenvalue weighted by molar-refractivity contribution is 6.32. The number of benzene rings is 3. The maximum absolute atomic E-state index is 14.3. The zero-order valence-corrected chi connectivity index (χ0v) is 16.2. The fraction of sp³-hybridized carbons (Fsp3) is 0.0476. The van der Waals surface area contributed by atoms with Crippen LogP contribution in [0.4, 0.5) is 28.9 Å². The van der Waals surface area contributed by atoms with E-state index in [2.05, 4.69) is 5.32 Å². The molecule has 3 N–H and O–H groups in total. The molecule has 0 atom stereocenters. The number of carboxylic acids is 1. The van der Waals surface area contributed by atoms with Crippen LogP contribution in [0.2, 0.25) is 5.02 Å². The molecular weight excluding hydrogens is 440 g/mol. The van der Waals surface area contributed by atoms with Gasteiger partial charge in [-0.25, -0.2) is 9.18 Å². The van der Waals surface area contributed by atoms with Crippen LogP contribution in [-0.4, -0.2) is 17.0 Å². The van der Waals surface area contributed by atoms with Gasteiger partial charge in [0.2, 0.25) is 5.90 Å². The Labute approximate surface area is 178 Å². The van der Waals surface area contributed by atoms with E-state index in [1.54, 1.807) is 6.07 Å². The van der Waals surface area contributed by atoms with Crippen molar-refractivity contribution in [3.05, 3.63) is 88.2 Å². The number of ether oxygens (including phenoxy) is 1. The average molecular weight is 453 g/mol. The van der Waals surface area contributed by atoms with Crippen molar-refractivity contribution >= 4 is 34.8 Å². The molecule has 0 aliphatic carbocycles. The molecule has 0 spiro atoms. The van der Waals surface area contributed by atoms with Crippen molar-refractivity contribution in [2.24, 2.45) is 0 Å². The van der Waals surface area contributed by atoms with Crippen LogP contribution in [0.25, 0.3) is 0 Å². The van der Waals surface area contributed by atoms with E-state index in [1.807, 2.05) is 0 Å². The van der Waals surface area contributed by atoms with E-state index in [-0.39, 0.29) is 27.5 Å². The quantitative estimate of drug-likeness (QED) is 0.239. The van der Waals surface area contributed by atoms with Gasteiger partial charge in [0.05, 0.1) is 33.1 Å². The van der Waals surface area contributed by atoms with Gasteiger partial charge in [0.1, 0.15) is 5.82 Å². The lowest BCUT2D eigenvalue weighted by molar-refractivity contribution is -0.138. The second-order valence-corrected chi connectivity index (χ2v) is 6.62. The first-order chi connectivity index (χ1) is 14.6. The van der Waals surface area contributed by atoms with Crippen molar-refractivity contribution in [2.75, 3.05) is 5.32 Å². The Kier molecular flexibility index (Phi) is 6.16. The van der Waals surface area contributed by atoms with Crippen molar-refractivity contribution in [1.29, 1.82) is 5.41 Å². The standard InChI is InChI=1S/C21H13ClF4N2O3/c22-14-6-3-5-13(21(24,25)26)18(14)31-19(27)12-4-1-2-7-16(12)28-17-9-8-11(20(29)30)10-15(17)23/h1-10,27-28H,(H,29,30). The van der Waals surface area contributed by atoms with E-state index >= 15 is 0 Å². The summed E-state index contributed by atoms with van der Waals surface area (Å²) in [4.78, 5) is 10.9. The summed E-state index contributed by atoms with van der Waals surface area (Å²) in [6.45, 7) is 0. The summed E-state index contributed by atoms with van der Waals surface area (Å²) < 4.78 is 59.3. The number of carboxylic acid groups (broad SMARTS) is 1. The van der Waals surface area contributed by atoms with Crippen LogP contribution >= 0.6 is 11.6 Å². The van der Waals surface area contributed by atoms with Gasteiger partial charge in [-0.1, -0.05) is 29.8 Å². The molecule has 3 aromatic carbocycles. The fourth-order valence-corrected chi connectivity index (χ4v) is 2.89. The first-order valence-electron chi connectivity index (χ1n) is 8.59. The molecular formula is C21H13ClF4N2O3. The SMILES string of the molecule is N=C(Oc1c(Cl)cccc1C(F)(F)F)c1ccccc1Nc1ccc(C(=O)O)cc1F. The highest BCUT2D eigenvalue weighted by atomic mass is 35.5. The molecule has 0 aliphatic heterocycles. The number of alkyl halides is 3. The number of carbonyl (C=O) groups is 1. The average Bonchev–Trinajstić information content (AvgIpc) is 2.70. The van der Waals surface area contributed by atoms with E-state index in [0.717, 1.165) is 18.2 Å². The van der Waals surface area contributed by atoms with Gasteiger partial charge in [-0.3, -0.25) is 5.41 Å². The molecule has 0 heterocycles. The van der Waals surface area contributed by atoms with E-state index < -0.39 is 35.2 Å². The third-order valence-corrected chi connectivity index (χ3v) is 4.43. The number of rotatable bonds is 5. The van der Waals surface area contributed by atoms with Gasteiger partial charge in [0, 0.05) is 0 Å². The number of hydrogen-bond donors (Lipinski definition) is 3. The van der Waals surface area contributed by atoms with E-state index in [4.69, 9.17) is 26.9 Å². The highest BCUT2D eigenvalue weighted by Gasteiger charge is 2.36. The largest absolute Gasteiger partial charge is 0.478 e. The first kappa shape index (κ1) is 22.1. The van der Waals surface area contributed by atoms with E-state index in [9.17, 15) is 22.4 Å². The number of nitrogens with one attached hydrogen (secondary N) is 2. The van der Waals surface area contributed by atoms with Crippen LogP contribution in [0.5, 0.6) is 5.75 Å². The minimum absolute atomic E-state index is 0.0252. The van der Waals surface area contributed by atoms with Crippen molar-refractivity contribution in [1.82, 2.24) is 0 Å². The Morgan fingerprint density at radius 2 is 1.74 bits per heavy atom. The molecule has 0 bridgehead atoms. The summed E-state index contributed by atoms with van der Waals surface area (Å²) in [5.41, 5.74) is -1.33. The summed E-state index contributed by atoms with van der Waals surface area (Å²) in [6.07, 6.45) is -4.76. The summed E-state index contributed by atoms with van der Waals surface area (Å²) in [5, 5.41) is 19.4. The number of anilines is 2. The summed E-state index contributed by atoms with van der Waals surface area (Å²) >= 11 is 5.86. The third-order valence-electron chi connectivity index (χ3n) is 4.13. The molecule has 31 heavy (non-hydrogen) atoms.